The molecule has 2 amide bonds. The topological polar surface area (TPSA) is 97.6 Å². The van der Waals surface area contributed by atoms with Gasteiger partial charge in [0.15, 0.2) is 0 Å². The van der Waals surface area contributed by atoms with Gasteiger partial charge in [-0.3, -0.25) is 9.59 Å². The second-order valence-electron chi connectivity index (χ2n) is 6.61. The SMILES string of the molecule is NC(=O)[C@@H]1C[C@@H](Oc2nc3ccccc3s2)CN1C(=O)CNc1ccccc1. The Morgan fingerprint density at radius 1 is 1.18 bits per heavy atom. The van der Waals surface area contributed by atoms with Crippen LogP contribution in [0.4, 0.5) is 5.69 Å². The summed E-state index contributed by atoms with van der Waals surface area (Å²) in [6.07, 6.45) is 0.0428. The van der Waals surface area contributed by atoms with Crippen LogP contribution < -0.4 is 15.8 Å². The lowest BCUT2D eigenvalue weighted by atomic mass is 10.2. The summed E-state index contributed by atoms with van der Waals surface area (Å²) in [4.78, 5) is 30.5. The van der Waals surface area contributed by atoms with E-state index in [1.807, 2.05) is 54.6 Å². The van der Waals surface area contributed by atoms with Gasteiger partial charge in [0.05, 0.1) is 23.3 Å². The van der Waals surface area contributed by atoms with Gasteiger partial charge >= 0.3 is 0 Å². The maximum Gasteiger partial charge on any atom is 0.274 e. The number of anilines is 1. The number of carbonyl (C=O) groups is 2. The van der Waals surface area contributed by atoms with Crippen LogP contribution in [0.1, 0.15) is 6.42 Å². The van der Waals surface area contributed by atoms with Crippen LogP contribution in [0.25, 0.3) is 10.2 Å². The zero-order chi connectivity index (χ0) is 19.5. The highest BCUT2D eigenvalue weighted by Gasteiger charge is 2.39. The van der Waals surface area contributed by atoms with Crippen molar-refractivity contribution in [2.24, 2.45) is 5.73 Å². The molecule has 0 saturated carbocycles. The Kier molecular flexibility index (Phi) is 5.12. The molecule has 1 fully saturated rings. The zero-order valence-electron chi connectivity index (χ0n) is 15.1. The number of rotatable bonds is 6. The first-order valence-electron chi connectivity index (χ1n) is 9.00. The molecule has 28 heavy (non-hydrogen) atoms. The molecule has 3 aromatic rings. The molecular weight excluding hydrogens is 376 g/mol. The smallest absolute Gasteiger partial charge is 0.274 e. The molecule has 2 heterocycles. The number of hydrogen-bond acceptors (Lipinski definition) is 6. The molecule has 144 valence electrons. The van der Waals surface area contributed by atoms with Gasteiger partial charge in [-0.25, -0.2) is 4.98 Å². The van der Waals surface area contributed by atoms with E-state index in [-0.39, 0.29) is 18.6 Å². The van der Waals surface area contributed by atoms with Gasteiger partial charge in [0, 0.05) is 12.1 Å². The average molecular weight is 396 g/mol. The van der Waals surface area contributed by atoms with Gasteiger partial charge in [0.25, 0.3) is 5.19 Å². The van der Waals surface area contributed by atoms with E-state index in [4.69, 9.17) is 10.5 Å². The van der Waals surface area contributed by atoms with Crippen molar-refractivity contribution < 1.29 is 14.3 Å². The number of nitrogens with one attached hydrogen (secondary N) is 1. The standard InChI is InChI=1S/C20H20N4O3S/c21-19(26)16-10-14(27-20-23-15-8-4-5-9-17(15)28-20)12-24(16)18(25)11-22-13-6-2-1-3-7-13/h1-9,14,16,22H,10-12H2,(H2,21,26)/t14-,16+/m1/s1. The van der Waals surface area contributed by atoms with Crippen LogP contribution in [0.2, 0.25) is 0 Å². The van der Waals surface area contributed by atoms with Gasteiger partial charge < -0.3 is 20.7 Å². The number of amides is 2. The lowest BCUT2D eigenvalue weighted by Gasteiger charge is -2.22. The van der Waals surface area contributed by atoms with Crippen LogP contribution >= 0.6 is 11.3 Å². The summed E-state index contributed by atoms with van der Waals surface area (Å²) >= 11 is 1.45. The summed E-state index contributed by atoms with van der Waals surface area (Å²) in [6.45, 7) is 0.389. The number of hydrogen-bond donors (Lipinski definition) is 2. The molecule has 7 nitrogen and oxygen atoms in total. The molecule has 1 saturated heterocycles. The molecule has 2 aromatic carbocycles. The van der Waals surface area contributed by atoms with Crippen LogP contribution in [0.5, 0.6) is 5.19 Å². The Bertz CT molecular complexity index is 958. The average Bonchev–Trinajstić information content (AvgIpc) is 3.31. The van der Waals surface area contributed by atoms with Gasteiger partial charge in [0.1, 0.15) is 12.1 Å². The third kappa shape index (κ3) is 3.91. The number of nitrogens with zero attached hydrogens (tertiary/aromatic N) is 2. The minimum absolute atomic E-state index is 0.0850. The second-order valence-corrected chi connectivity index (χ2v) is 7.60. The number of para-hydroxylation sites is 2. The van der Waals surface area contributed by atoms with Crippen molar-refractivity contribution in [3.05, 3.63) is 54.6 Å². The molecule has 1 aliphatic heterocycles. The van der Waals surface area contributed by atoms with Crippen molar-refractivity contribution in [2.45, 2.75) is 18.6 Å². The minimum atomic E-state index is -0.676. The highest BCUT2D eigenvalue weighted by molar-refractivity contribution is 7.20. The van der Waals surface area contributed by atoms with Crippen LogP contribution in [0.15, 0.2) is 54.6 Å². The molecule has 1 aliphatic rings. The summed E-state index contributed by atoms with van der Waals surface area (Å²) in [7, 11) is 0. The molecule has 0 radical (unpaired) electrons. The lowest BCUT2D eigenvalue weighted by Crippen LogP contribution is -2.45. The molecule has 1 aromatic heterocycles. The molecule has 2 atom stereocenters. The van der Waals surface area contributed by atoms with E-state index in [0.717, 1.165) is 15.9 Å². The van der Waals surface area contributed by atoms with Crippen molar-refractivity contribution in [2.75, 3.05) is 18.4 Å². The Morgan fingerprint density at radius 2 is 1.93 bits per heavy atom. The van der Waals surface area contributed by atoms with Gasteiger partial charge in [0.2, 0.25) is 11.8 Å². The number of benzene rings is 2. The summed E-state index contributed by atoms with van der Waals surface area (Å²) in [5, 5.41) is 3.60. The fraction of sp³-hybridized carbons (Fsp3) is 0.250. The number of primary amides is 1. The molecule has 0 aliphatic carbocycles. The van der Waals surface area contributed by atoms with E-state index in [1.165, 1.54) is 16.2 Å². The van der Waals surface area contributed by atoms with Gasteiger partial charge in [-0.1, -0.05) is 41.7 Å². The predicted molar refractivity (Wildman–Crippen MR) is 108 cm³/mol. The fourth-order valence-electron chi connectivity index (χ4n) is 3.31. The monoisotopic (exact) mass is 396 g/mol. The third-order valence-electron chi connectivity index (χ3n) is 4.67. The van der Waals surface area contributed by atoms with E-state index in [2.05, 4.69) is 10.3 Å². The second kappa shape index (κ2) is 7.85. The van der Waals surface area contributed by atoms with Crippen molar-refractivity contribution in [1.82, 2.24) is 9.88 Å². The van der Waals surface area contributed by atoms with E-state index in [0.29, 0.717) is 18.2 Å². The van der Waals surface area contributed by atoms with Gasteiger partial charge in [-0.15, -0.1) is 0 Å². The van der Waals surface area contributed by atoms with Crippen molar-refractivity contribution in [1.29, 1.82) is 0 Å². The first kappa shape index (κ1) is 18.2. The number of likely N-dealkylation sites (tertiary alicyclic amines) is 1. The number of thiazole rings is 1. The number of nitrogens with two attached hydrogens (primary N) is 1. The molecule has 8 heteroatoms. The quantitative estimate of drug-likeness (QED) is 0.666. The highest BCUT2D eigenvalue weighted by atomic mass is 32.1. The van der Waals surface area contributed by atoms with E-state index < -0.39 is 11.9 Å². The highest BCUT2D eigenvalue weighted by Crippen LogP contribution is 2.30. The Labute approximate surface area is 166 Å². The largest absolute Gasteiger partial charge is 0.465 e. The maximum atomic E-state index is 12.7. The minimum Gasteiger partial charge on any atom is -0.465 e. The fourth-order valence-corrected chi connectivity index (χ4v) is 4.19. The molecule has 0 bridgehead atoms. The summed E-state index contributed by atoms with van der Waals surface area (Å²) < 4.78 is 7.00. The first-order valence-corrected chi connectivity index (χ1v) is 9.82. The summed E-state index contributed by atoms with van der Waals surface area (Å²) in [5.74, 6) is -0.716. The van der Waals surface area contributed by atoms with Crippen LogP contribution in [0.3, 0.4) is 0 Å². The van der Waals surface area contributed by atoms with Gasteiger partial charge in [-0.2, -0.15) is 0 Å². The summed E-state index contributed by atoms with van der Waals surface area (Å²) in [6, 6.07) is 16.5. The van der Waals surface area contributed by atoms with E-state index in [9.17, 15) is 9.59 Å². The molecule has 0 spiro atoms. The van der Waals surface area contributed by atoms with Crippen molar-refractivity contribution in [3.8, 4) is 5.19 Å². The van der Waals surface area contributed by atoms with Crippen molar-refractivity contribution in [3.63, 3.8) is 0 Å². The molecule has 4 rings (SSSR count). The number of aromatic nitrogens is 1. The van der Waals surface area contributed by atoms with E-state index in [1.54, 1.807) is 0 Å². The maximum absolute atomic E-state index is 12.7. The summed E-state index contributed by atoms with van der Waals surface area (Å²) in [5.41, 5.74) is 7.24. The van der Waals surface area contributed by atoms with Crippen LogP contribution in [-0.2, 0) is 9.59 Å². The van der Waals surface area contributed by atoms with E-state index >= 15 is 0 Å². The van der Waals surface area contributed by atoms with Crippen LogP contribution in [-0.4, -0.2) is 46.9 Å². The lowest BCUT2D eigenvalue weighted by molar-refractivity contribution is -0.135. The number of fused-ring (bicyclic) bond motifs is 1. The normalized spacial score (nSPS) is 18.9. The number of carbonyl (C=O) groups excluding carboxylic acids is 2. The molecular formula is C20H20N4O3S. The number of ether oxygens (including phenoxy) is 1. The third-order valence-corrected chi connectivity index (χ3v) is 5.60. The Morgan fingerprint density at radius 3 is 2.68 bits per heavy atom. The first-order chi connectivity index (χ1) is 13.6. The van der Waals surface area contributed by atoms with Crippen molar-refractivity contribution >= 4 is 39.1 Å². The Balaban J connectivity index is 1.42. The van der Waals surface area contributed by atoms with Gasteiger partial charge in [-0.05, 0) is 24.3 Å². The predicted octanol–water partition coefficient (Wildman–Crippen LogP) is 2.24. The molecule has 3 N–H and O–H groups in total. The zero-order valence-corrected chi connectivity index (χ0v) is 15.9. The Hall–Kier alpha value is -3.13. The molecule has 0 unspecified atom stereocenters. The van der Waals surface area contributed by atoms with Crippen LogP contribution in [0, 0.1) is 0 Å².